The molecule has 2 aromatic carbocycles. The van der Waals surface area contributed by atoms with Gasteiger partial charge in [0.25, 0.3) is 0 Å². The summed E-state index contributed by atoms with van der Waals surface area (Å²) in [6, 6.07) is 14.0. The number of fused-ring (bicyclic) bond motifs is 1. The highest BCUT2D eigenvalue weighted by atomic mass is 35.5. The van der Waals surface area contributed by atoms with Crippen LogP contribution in [-0.2, 0) is 14.6 Å². The van der Waals surface area contributed by atoms with Gasteiger partial charge in [-0.15, -0.1) is 12.4 Å². The summed E-state index contributed by atoms with van der Waals surface area (Å²) in [5.41, 5.74) is 6.68. The normalized spacial score (nSPS) is 14.7. The van der Waals surface area contributed by atoms with E-state index < -0.39 is 21.5 Å². The highest BCUT2D eigenvalue weighted by Gasteiger charge is 2.22. The quantitative estimate of drug-likeness (QED) is 0.510. The second kappa shape index (κ2) is 10.5. The third-order valence-electron chi connectivity index (χ3n) is 5.39. The van der Waals surface area contributed by atoms with Crippen molar-refractivity contribution in [2.45, 2.75) is 23.8 Å². The maximum atomic E-state index is 12.7. The van der Waals surface area contributed by atoms with Gasteiger partial charge in [0.15, 0.2) is 9.84 Å². The minimum absolute atomic E-state index is 0. The van der Waals surface area contributed by atoms with Crippen molar-refractivity contribution in [3.63, 3.8) is 0 Å². The summed E-state index contributed by atoms with van der Waals surface area (Å²) in [5, 5.41) is 2.18. The topological polar surface area (TPSA) is 91.4 Å². The number of halogens is 2. The maximum absolute atomic E-state index is 12.7. The van der Waals surface area contributed by atoms with Gasteiger partial charge in [-0.25, -0.2) is 13.8 Å². The second-order valence-corrected chi connectivity index (χ2v) is 10.00. The van der Waals surface area contributed by atoms with E-state index in [0.717, 1.165) is 42.4 Å². The number of anilines is 1. The van der Waals surface area contributed by atoms with E-state index in [1.807, 2.05) is 12.1 Å². The van der Waals surface area contributed by atoms with E-state index in [4.69, 9.17) is 11.6 Å². The number of pyridine rings is 1. The number of piperidine rings is 1. The van der Waals surface area contributed by atoms with Crippen LogP contribution in [-0.4, -0.2) is 44.2 Å². The average Bonchev–Trinajstić information content (AvgIpc) is 2.78. The van der Waals surface area contributed by atoms with Gasteiger partial charge < -0.3 is 4.90 Å². The number of sulfone groups is 1. The monoisotopic (exact) mass is 494 g/mol. The van der Waals surface area contributed by atoms with E-state index in [1.165, 1.54) is 6.07 Å². The van der Waals surface area contributed by atoms with Crippen LogP contribution in [0.2, 0.25) is 5.02 Å². The number of nitrogens with zero attached hydrogens (tertiary/aromatic N) is 2. The number of rotatable bonds is 6. The molecule has 1 fully saturated rings. The molecule has 0 bridgehead atoms. The van der Waals surface area contributed by atoms with Crippen LogP contribution in [0.25, 0.3) is 10.8 Å². The van der Waals surface area contributed by atoms with Crippen molar-refractivity contribution in [3.05, 3.63) is 65.9 Å². The average molecular weight is 495 g/mol. The van der Waals surface area contributed by atoms with Crippen LogP contribution in [0.4, 0.5) is 5.69 Å². The fourth-order valence-electron chi connectivity index (χ4n) is 3.70. The highest BCUT2D eigenvalue weighted by molar-refractivity contribution is 7.92. The van der Waals surface area contributed by atoms with Crippen LogP contribution in [0.5, 0.6) is 0 Å². The van der Waals surface area contributed by atoms with Gasteiger partial charge in [-0.1, -0.05) is 23.7 Å². The summed E-state index contributed by atoms with van der Waals surface area (Å²) in [7, 11) is -3.76. The molecule has 10 heteroatoms. The Balaban J connectivity index is 0.00000289. The number of hydrazine groups is 1. The van der Waals surface area contributed by atoms with E-state index in [0.29, 0.717) is 5.02 Å². The van der Waals surface area contributed by atoms with E-state index in [-0.39, 0.29) is 23.3 Å². The summed E-state index contributed by atoms with van der Waals surface area (Å²) in [6.45, 7) is 1.69. The summed E-state index contributed by atoms with van der Waals surface area (Å²) >= 11 is 5.97. The van der Waals surface area contributed by atoms with E-state index in [1.54, 1.807) is 42.7 Å². The number of hydrogen-bond donors (Lipinski definition) is 2. The standard InChI is InChI=1S/C22H23ClN4O3S.ClH/c23-18-3-1-17-14-21(4-2-16(17)13-18)31(29,30)15-22(28)26-25-19-7-11-27(12-8-19)20-5-9-24-10-6-20;/h1-6,9-10,13-14,19,25H,7-8,11-12,15H2,(H,26,28);1H. The molecule has 0 radical (unpaired) electrons. The van der Waals surface area contributed by atoms with Crippen molar-refractivity contribution in [2.24, 2.45) is 0 Å². The van der Waals surface area contributed by atoms with Crippen LogP contribution in [0.3, 0.4) is 0 Å². The van der Waals surface area contributed by atoms with Crippen molar-refractivity contribution >= 4 is 56.2 Å². The second-order valence-electron chi connectivity index (χ2n) is 7.57. The lowest BCUT2D eigenvalue weighted by atomic mass is 10.1. The zero-order valence-corrected chi connectivity index (χ0v) is 19.6. The van der Waals surface area contributed by atoms with Crippen LogP contribution in [0.15, 0.2) is 65.8 Å². The van der Waals surface area contributed by atoms with Crippen LogP contribution in [0, 0.1) is 0 Å². The lowest BCUT2D eigenvalue weighted by Crippen LogP contribution is -2.50. The van der Waals surface area contributed by atoms with Crippen molar-refractivity contribution in [3.8, 4) is 0 Å². The van der Waals surface area contributed by atoms with Crippen LogP contribution in [0.1, 0.15) is 12.8 Å². The molecule has 0 unspecified atom stereocenters. The Labute approximate surface area is 198 Å². The minimum Gasteiger partial charge on any atom is -0.371 e. The molecule has 4 rings (SSSR count). The number of hydrogen-bond acceptors (Lipinski definition) is 6. The molecular weight excluding hydrogens is 471 g/mol. The van der Waals surface area contributed by atoms with Gasteiger partial charge in [0.2, 0.25) is 5.91 Å². The molecule has 2 N–H and O–H groups in total. The van der Waals surface area contributed by atoms with Crippen molar-refractivity contribution in [1.82, 2.24) is 15.8 Å². The molecule has 1 aliphatic heterocycles. The van der Waals surface area contributed by atoms with Gasteiger partial charge in [0.05, 0.1) is 4.90 Å². The molecule has 0 spiro atoms. The van der Waals surface area contributed by atoms with E-state index in [2.05, 4.69) is 20.7 Å². The molecule has 7 nitrogen and oxygen atoms in total. The summed E-state index contributed by atoms with van der Waals surface area (Å²) in [5.74, 6) is -1.19. The number of benzene rings is 2. The molecule has 3 aromatic rings. The smallest absolute Gasteiger partial charge is 0.249 e. The van der Waals surface area contributed by atoms with Gasteiger partial charge in [-0.05, 0) is 60.0 Å². The Morgan fingerprint density at radius 2 is 1.69 bits per heavy atom. The first-order chi connectivity index (χ1) is 14.9. The van der Waals surface area contributed by atoms with Crippen molar-refractivity contribution in [1.29, 1.82) is 0 Å². The maximum Gasteiger partial charge on any atom is 0.249 e. The first-order valence-corrected chi connectivity index (χ1v) is 12.1. The fourth-order valence-corrected chi connectivity index (χ4v) is 5.05. The van der Waals surface area contributed by atoms with Crippen LogP contribution < -0.4 is 15.8 Å². The van der Waals surface area contributed by atoms with Gasteiger partial charge in [-0.3, -0.25) is 15.2 Å². The van der Waals surface area contributed by atoms with Gasteiger partial charge in [-0.2, -0.15) is 0 Å². The lowest BCUT2D eigenvalue weighted by molar-refractivity contribution is -0.119. The van der Waals surface area contributed by atoms with Crippen molar-refractivity contribution < 1.29 is 13.2 Å². The third kappa shape index (κ3) is 5.89. The molecule has 0 atom stereocenters. The summed E-state index contributed by atoms with van der Waals surface area (Å²) in [6.07, 6.45) is 5.21. The zero-order chi connectivity index (χ0) is 21.8. The largest absolute Gasteiger partial charge is 0.371 e. The first kappa shape index (κ1) is 24.3. The molecule has 0 saturated carbocycles. The highest BCUT2D eigenvalue weighted by Crippen LogP contribution is 2.23. The molecule has 1 saturated heterocycles. The number of nitrogens with one attached hydrogen (secondary N) is 2. The molecule has 1 amide bonds. The van der Waals surface area contributed by atoms with E-state index >= 15 is 0 Å². The third-order valence-corrected chi connectivity index (χ3v) is 7.24. The first-order valence-electron chi connectivity index (χ1n) is 10.0. The van der Waals surface area contributed by atoms with Gasteiger partial charge in [0.1, 0.15) is 5.75 Å². The number of carbonyl (C=O) groups is 1. The SMILES string of the molecule is Cl.O=C(CS(=O)(=O)c1ccc2cc(Cl)ccc2c1)NNC1CCN(c2ccncc2)CC1. The number of carbonyl (C=O) groups excluding carboxylic acids is 1. The molecule has 170 valence electrons. The molecule has 1 aliphatic rings. The Kier molecular flexibility index (Phi) is 7.95. The van der Waals surface area contributed by atoms with Crippen molar-refractivity contribution in [2.75, 3.05) is 23.7 Å². The zero-order valence-electron chi connectivity index (χ0n) is 17.2. The predicted molar refractivity (Wildman–Crippen MR) is 129 cm³/mol. The van der Waals surface area contributed by atoms with Gasteiger partial charge in [0, 0.05) is 42.2 Å². The number of amides is 1. The molecule has 2 heterocycles. The summed E-state index contributed by atoms with van der Waals surface area (Å²) in [4.78, 5) is 18.7. The summed E-state index contributed by atoms with van der Waals surface area (Å²) < 4.78 is 25.4. The predicted octanol–water partition coefficient (Wildman–Crippen LogP) is 3.37. The fraction of sp³-hybridized carbons (Fsp3) is 0.273. The molecule has 0 aliphatic carbocycles. The van der Waals surface area contributed by atoms with E-state index in [9.17, 15) is 13.2 Å². The Morgan fingerprint density at radius 1 is 1.03 bits per heavy atom. The molecular formula is C22H24Cl2N4O3S. The molecule has 1 aromatic heterocycles. The van der Waals surface area contributed by atoms with Crippen LogP contribution >= 0.6 is 24.0 Å². The van der Waals surface area contributed by atoms with Gasteiger partial charge >= 0.3 is 0 Å². The Hall–Kier alpha value is -2.39. The number of aromatic nitrogens is 1. The Bertz CT molecular complexity index is 1180. The minimum atomic E-state index is -3.76. The lowest BCUT2D eigenvalue weighted by Gasteiger charge is -2.33. The Morgan fingerprint density at radius 3 is 2.41 bits per heavy atom. The molecule has 32 heavy (non-hydrogen) atoms.